The summed E-state index contributed by atoms with van der Waals surface area (Å²) in [5.74, 6) is -0.380. The minimum absolute atomic E-state index is 0.0906. The summed E-state index contributed by atoms with van der Waals surface area (Å²) in [6.45, 7) is 1.65. The van der Waals surface area contributed by atoms with E-state index in [0.29, 0.717) is 5.76 Å². The van der Waals surface area contributed by atoms with E-state index in [-0.39, 0.29) is 28.3 Å². The van der Waals surface area contributed by atoms with Gasteiger partial charge >= 0.3 is 0 Å². The molecule has 0 radical (unpaired) electrons. The molecule has 3 rings (SSSR count). The first-order chi connectivity index (χ1) is 12.9. The van der Waals surface area contributed by atoms with Crippen LogP contribution in [-0.2, 0) is 16.6 Å². The zero-order valence-electron chi connectivity index (χ0n) is 14.4. The highest BCUT2D eigenvalue weighted by Crippen LogP contribution is 2.21. The number of amides is 1. The van der Waals surface area contributed by atoms with Gasteiger partial charge in [0.15, 0.2) is 0 Å². The number of halogens is 1. The van der Waals surface area contributed by atoms with Crippen LogP contribution < -0.4 is 10.0 Å². The summed E-state index contributed by atoms with van der Waals surface area (Å²) >= 11 is 0. The molecule has 27 heavy (non-hydrogen) atoms. The Morgan fingerprint density at radius 2 is 1.89 bits per heavy atom. The molecule has 0 spiro atoms. The number of nitrogens with one attached hydrogen (secondary N) is 2. The minimum Gasteiger partial charge on any atom is -0.467 e. The number of rotatable bonds is 6. The first kappa shape index (κ1) is 18.7. The summed E-state index contributed by atoms with van der Waals surface area (Å²) in [6, 6.07) is 13.1. The minimum atomic E-state index is -3.98. The van der Waals surface area contributed by atoms with Crippen molar-refractivity contribution in [2.75, 3.05) is 4.72 Å². The molecule has 0 atom stereocenters. The molecule has 0 aliphatic heterocycles. The van der Waals surface area contributed by atoms with E-state index in [0.717, 1.165) is 6.07 Å². The maximum atomic E-state index is 13.4. The smallest absolute Gasteiger partial charge is 0.261 e. The maximum absolute atomic E-state index is 13.4. The molecular weight excluding hydrogens is 371 g/mol. The molecule has 1 aromatic heterocycles. The Kier molecular flexibility index (Phi) is 5.27. The van der Waals surface area contributed by atoms with Gasteiger partial charge in [0.1, 0.15) is 11.6 Å². The largest absolute Gasteiger partial charge is 0.467 e. The number of hydrogen-bond acceptors (Lipinski definition) is 4. The van der Waals surface area contributed by atoms with Crippen molar-refractivity contribution in [3.63, 3.8) is 0 Å². The highest BCUT2D eigenvalue weighted by Gasteiger charge is 2.19. The molecule has 8 heteroatoms. The molecule has 2 N–H and O–H groups in total. The summed E-state index contributed by atoms with van der Waals surface area (Å²) in [6.07, 6.45) is 1.49. The third-order valence-electron chi connectivity index (χ3n) is 3.86. The van der Waals surface area contributed by atoms with Gasteiger partial charge in [-0.05, 0) is 55.0 Å². The van der Waals surface area contributed by atoms with Crippen molar-refractivity contribution in [3.05, 3.63) is 83.6 Å². The molecular formula is C19H17FN2O4S. The van der Waals surface area contributed by atoms with E-state index in [1.807, 2.05) is 0 Å². The van der Waals surface area contributed by atoms with Gasteiger partial charge in [-0.15, -0.1) is 0 Å². The average Bonchev–Trinajstić information content (AvgIpc) is 3.15. The van der Waals surface area contributed by atoms with Crippen LogP contribution in [0.1, 0.15) is 21.7 Å². The number of benzene rings is 2. The van der Waals surface area contributed by atoms with Crippen molar-refractivity contribution in [2.24, 2.45) is 0 Å². The standard InChI is InChI=1S/C19H17FN2O4S/c1-13-11-15(8-9-17(13)20)27(24,25)22-18-7-3-2-6-16(18)19(23)21-12-14-5-4-10-26-14/h2-11,22H,12H2,1H3,(H,21,23). The second kappa shape index (κ2) is 7.63. The Balaban J connectivity index is 1.82. The summed E-state index contributed by atoms with van der Waals surface area (Å²) in [4.78, 5) is 12.4. The predicted octanol–water partition coefficient (Wildman–Crippen LogP) is 3.46. The Morgan fingerprint density at radius 1 is 1.11 bits per heavy atom. The summed E-state index contributed by atoms with van der Waals surface area (Å²) in [5, 5.41) is 2.67. The fourth-order valence-electron chi connectivity index (χ4n) is 2.43. The monoisotopic (exact) mass is 388 g/mol. The lowest BCUT2D eigenvalue weighted by Crippen LogP contribution is -2.24. The van der Waals surface area contributed by atoms with Crippen molar-refractivity contribution in [1.29, 1.82) is 0 Å². The predicted molar refractivity (Wildman–Crippen MR) is 98.3 cm³/mol. The van der Waals surface area contributed by atoms with Crippen molar-refractivity contribution >= 4 is 21.6 Å². The molecule has 2 aromatic carbocycles. The Bertz CT molecular complexity index is 1060. The molecule has 6 nitrogen and oxygen atoms in total. The van der Waals surface area contributed by atoms with Crippen molar-refractivity contribution in [1.82, 2.24) is 5.32 Å². The van der Waals surface area contributed by atoms with Crippen LogP contribution in [0.3, 0.4) is 0 Å². The molecule has 0 bridgehead atoms. The van der Waals surface area contributed by atoms with E-state index < -0.39 is 21.7 Å². The third-order valence-corrected chi connectivity index (χ3v) is 5.22. The number of aryl methyl sites for hydroxylation is 1. The zero-order chi connectivity index (χ0) is 19.4. The first-order valence-corrected chi connectivity index (χ1v) is 9.54. The van der Waals surface area contributed by atoms with Gasteiger partial charge in [-0.3, -0.25) is 9.52 Å². The van der Waals surface area contributed by atoms with Crippen LogP contribution in [0, 0.1) is 12.7 Å². The highest BCUT2D eigenvalue weighted by atomic mass is 32.2. The molecule has 1 amide bonds. The van der Waals surface area contributed by atoms with Crippen LogP contribution in [0.25, 0.3) is 0 Å². The lowest BCUT2D eigenvalue weighted by molar-refractivity contribution is 0.0949. The lowest BCUT2D eigenvalue weighted by atomic mass is 10.1. The van der Waals surface area contributed by atoms with E-state index in [1.54, 1.807) is 24.3 Å². The number of sulfonamides is 1. The van der Waals surface area contributed by atoms with Crippen LogP contribution in [0.4, 0.5) is 10.1 Å². The third kappa shape index (κ3) is 4.35. The summed E-state index contributed by atoms with van der Waals surface area (Å²) in [7, 11) is -3.98. The second-order valence-corrected chi connectivity index (χ2v) is 7.51. The van der Waals surface area contributed by atoms with E-state index in [1.165, 1.54) is 37.5 Å². The fraction of sp³-hybridized carbons (Fsp3) is 0.105. The Hall–Kier alpha value is -3.13. The molecule has 0 saturated carbocycles. The van der Waals surface area contributed by atoms with E-state index in [2.05, 4.69) is 10.0 Å². The lowest BCUT2D eigenvalue weighted by Gasteiger charge is -2.13. The second-order valence-electron chi connectivity index (χ2n) is 5.82. The molecule has 1 heterocycles. The van der Waals surface area contributed by atoms with E-state index in [4.69, 9.17) is 4.42 Å². The highest BCUT2D eigenvalue weighted by molar-refractivity contribution is 7.92. The number of carbonyl (C=O) groups excluding carboxylic acids is 1. The average molecular weight is 388 g/mol. The van der Waals surface area contributed by atoms with Crippen molar-refractivity contribution < 1.29 is 22.0 Å². The van der Waals surface area contributed by atoms with Gasteiger partial charge in [0.05, 0.1) is 29.0 Å². The van der Waals surface area contributed by atoms with Gasteiger partial charge in [0.25, 0.3) is 15.9 Å². The van der Waals surface area contributed by atoms with Crippen molar-refractivity contribution in [3.8, 4) is 0 Å². The van der Waals surface area contributed by atoms with Gasteiger partial charge < -0.3 is 9.73 Å². The van der Waals surface area contributed by atoms with E-state index >= 15 is 0 Å². The Morgan fingerprint density at radius 3 is 2.59 bits per heavy atom. The van der Waals surface area contributed by atoms with Gasteiger partial charge in [-0.1, -0.05) is 12.1 Å². The molecule has 0 unspecified atom stereocenters. The zero-order valence-corrected chi connectivity index (χ0v) is 15.2. The maximum Gasteiger partial charge on any atom is 0.261 e. The molecule has 140 valence electrons. The fourth-order valence-corrected chi connectivity index (χ4v) is 3.60. The van der Waals surface area contributed by atoms with E-state index in [9.17, 15) is 17.6 Å². The molecule has 0 saturated heterocycles. The summed E-state index contributed by atoms with van der Waals surface area (Å²) < 4.78 is 46.2. The number of para-hydroxylation sites is 1. The molecule has 0 fully saturated rings. The number of furan rings is 1. The number of anilines is 1. The van der Waals surface area contributed by atoms with Crippen LogP contribution in [0.5, 0.6) is 0 Å². The number of hydrogen-bond donors (Lipinski definition) is 2. The normalized spacial score (nSPS) is 11.2. The van der Waals surface area contributed by atoms with Gasteiger partial charge in [-0.25, -0.2) is 12.8 Å². The molecule has 0 aliphatic carbocycles. The summed E-state index contributed by atoms with van der Waals surface area (Å²) in [5.41, 5.74) is 0.491. The quantitative estimate of drug-likeness (QED) is 0.677. The Labute approximate surface area is 156 Å². The first-order valence-electron chi connectivity index (χ1n) is 8.05. The van der Waals surface area contributed by atoms with Crippen LogP contribution in [0.2, 0.25) is 0 Å². The van der Waals surface area contributed by atoms with Gasteiger partial charge in [0, 0.05) is 0 Å². The number of carbonyl (C=O) groups is 1. The SMILES string of the molecule is Cc1cc(S(=O)(=O)Nc2ccccc2C(=O)NCc2ccco2)ccc1F. The topological polar surface area (TPSA) is 88.4 Å². The van der Waals surface area contributed by atoms with Crippen molar-refractivity contribution in [2.45, 2.75) is 18.4 Å². The van der Waals surface area contributed by atoms with Gasteiger partial charge in [-0.2, -0.15) is 0 Å². The molecule has 0 aliphatic rings. The van der Waals surface area contributed by atoms with Crippen LogP contribution >= 0.6 is 0 Å². The molecule has 3 aromatic rings. The van der Waals surface area contributed by atoms with Crippen LogP contribution in [-0.4, -0.2) is 14.3 Å². The van der Waals surface area contributed by atoms with Gasteiger partial charge in [0.2, 0.25) is 0 Å². The van der Waals surface area contributed by atoms with Crippen LogP contribution in [0.15, 0.2) is 70.2 Å².